The predicted octanol–water partition coefficient (Wildman–Crippen LogP) is 3.03. The summed E-state index contributed by atoms with van der Waals surface area (Å²) in [5.74, 6) is 0.806. The van der Waals surface area contributed by atoms with E-state index < -0.39 is 0 Å². The molecule has 0 aliphatic rings. The second kappa shape index (κ2) is 7.31. The Morgan fingerprint density at radius 1 is 1.09 bits per heavy atom. The molecule has 0 amide bonds. The van der Waals surface area contributed by atoms with Gasteiger partial charge in [-0.1, -0.05) is 42.5 Å². The molecular weight excluding hydrogens is 272 g/mol. The Kier molecular flexibility index (Phi) is 5.20. The standard InChI is InChI=1S/C18H22N4/c1-22(2)18(20)13-17(19)21-16-10-6-9-15(12-16)11-14-7-4-3-5-8-14/h3-10,12-13,20-21H,11,19H2,1-2H3/b17-13+,20-18?. The van der Waals surface area contributed by atoms with E-state index in [-0.39, 0.29) is 0 Å². The molecule has 0 aliphatic carbocycles. The van der Waals surface area contributed by atoms with E-state index in [4.69, 9.17) is 11.1 Å². The zero-order valence-corrected chi connectivity index (χ0v) is 13.0. The summed E-state index contributed by atoms with van der Waals surface area (Å²) in [5, 5.41) is 10.9. The van der Waals surface area contributed by atoms with Crippen molar-refractivity contribution in [3.63, 3.8) is 0 Å². The molecule has 114 valence electrons. The average Bonchev–Trinajstić information content (AvgIpc) is 2.48. The first kappa shape index (κ1) is 15.6. The minimum atomic E-state index is 0.352. The molecule has 0 aromatic heterocycles. The van der Waals surface area contributed by atoms with E-state index in [1.165, 1.54) is 11.1 Å². The summed E-state index contributed by atoms with van der Waals surface area (Å²) in [6, 6.07) is 18.5. The minimum Gasteiger partial charge on any atom is -0.385 e. The number of anilines is 1. The number of benzene rings is 2. The van der Waals surface area contributed by atoms with Gasteiger partial charge >= 0.3 is 0 Å². The fourth-order valence-electron chi connectivity index (χ4n) is 2.07. The minimum absolute atomic E-state index is 0.352. The second-order valence-electron chi connectivity index (χ2n) is 5.37. The van der Waals surface area contributed by atoms with Crippen LogP contribution in [0.15, 0.2) is 66.5 Å². The Morgan fingerprint density at radius 3 is 2.45 bits per heavy atom. The molecule has 0 aliphatic heterocycles. The number of hydrogen-bond acceptors (Lipinski definition) is 3. The van der Waals surface area contributed by atoms with Crippen molar-refractivity contribution in [2.45, 2.75) is 6.42 Å². The molecule has 2 rings (SSSR count). The number of nitrogens with two attached hydrogens (primary N) is 1. The van der Waals surface area contributed by atoms with Crippen molar-refractivity contribution in [3.8, 4) is 0 Å². The lowest BCUT2D eigenvalue weighted by molar-refractivity contribution is 0.621. The third-order valence-electron chi connectivity index (χ3n) is 3.24. The van der Waals surface area contributed by atoms with Crippen LogP contribution in [0, 0.1) is 5.41 Å². The maximum atomic E-state index is 7.76. The predicted molar refractivity (Wildman–Crippen MR) is 93.0 cm³/mol. The van der Waals surface area contributed by atoms with Gasteiger partial charge in [0.05, 0.1) is 0 Å². The number of rotatable bonds is 5. The van der Waals surface area contributed by atoms with Gasteiger partial charge in [0.25, 0.3) is 0 Å². The number of likely N-dealkylation sites (N-methyl/N-ethyl adjacent to an activating group) is 1. The van der Waals surface area contributed by atoms with E-state index in [2.05, 4.69) is 29.6 Å². The third-order valence-corrected chi connectivity index (χ3v) is 3.24. The van der Waals surface area contributed by atoms with Crippen LogP contribution >= 0.6 is 0 Å². The van der Waals surface area contributed by atoms with Crippen molar-refractivity contribution < 1.29 is 0 Å². The lowest BCUT2D eigenvalue weighted by Gasteiger charge is -2.12. The van der Waals surface area contributed by atoms with Crippen molar-refractivity contribution >= 4 is 11.5 Å². The van der Waals surface area contributed by atoms with Gasteiger partial charge in [0.15, 0.2) is 0 Å². The first-order valence-electron chi connectivity index (χ1n) is 7.17. The summed E-state index contributed by atoms with van der Waals surface area (Å²) < 4.78 is 0. The van der Waals surface area contributed by atoms with Gasteiger partial charge in [0.1, 0.15) is 11.7 Å². The number of nitrogens with one attached hydrogen (secondary N) is 2. The molecule has 4 heteroatoms. The summed E-state index contributed by atoms with van der Waals surface area (Å²) >= 11 is 0. The van der Waals surface area contributed by atoms with E-state index >= 15 is 0 Å². The van der Waals surface area contributed by atoms with Crippen LogP contribution in [0.1, 0.15) is 11.1 Å². The van der Waals surface area contributed by atoms with E-state index in [9.17, 15) is 0 Å². The Bertz CT molecular complexity index is 660. The highest BCUT2D eigenvalue weighted by molar-refractivity contribution is 5.90. The summed E-state index contributed by atoms with van der Waals surface area (Å²) in [4.78, 5) is 1.69. The van der Waals surface area contributed by atoms with Crippen LogP contribution in [0.25, 0.3) is 0 Å². The van der Waals surface area contributed by atoms with Crippen molar-refractivity contribution in [2.24, 2.45) is 5.73 Å². The average molecular weight is 294 g/mol. The van der Waals surface area contributed by atoms with Crippen LogP contribution in [-0.2, 0) is 6.42 Å². The van der Waals surface area contributed by atoms with Crippen LogP contribution in [-0.4, -0.2) is 24.8 Å². The quantitative estimate of drug-likeness (QED) is 0.586. The maximum Gasteiger partial charge on any atom is 0.123 e. The molecule has 0 radical (unpaired) electrons. The summed E-state index contributed by atoms with van der Waals surface area (Å²) in [6.45, 7) is 0. The van der Waals surface area contributed by atoms with Crippen molar-refractivity contribution in [1.82, 2.24) is 4.90 Å². The molecule has 0 unspecified atom stereocenters. The smallest absolute Gasteiger partial charge is 0.123 e. The SMILES string of the molecule is CN(C)C(=N)/C=C(\N)Nc1cccc(Cc2ccccc2)c1. The molecule has 2 aromatic rings. The molecule has 2 aromatic carbocycles. The van der Waals surface area contributed by atoms with Gasteiger partial charge < -0.3 is 16.0 Å². The van der Waals surface area contributed by atoms with E-state index in [1.54, 1.807) is 11.0 Å². The van der Waals surface area contributed by atoms with Gasteiger partial charge in [-0.05, 0) is 29.7 Å². The molecule has 0 spiro atoms. The highest BCUT2D eigenvalue weighted by Crippen LogP contribution is 2.15. The molecule has 0 heterocycles. The van der Waals surface area contributed by atoms with Crippen LogP contribution in [0.2, 0.25) is 0 Å². The molecule has 0 fully saturated rings. The fraction of sp³-hybridized carbons (Fsp3) is 0.167. The summed E-state index contributed by atoms with van der Waals surface area (Å²) in [6.07, 6.45) is 2.48. The molecule has 0 saturated heterocycles. The number of nitrogens with zero attached hydrogens (tertiary/aromatic N) is 1. The maximum absolute atomic E-state index is 7.76. The van der Waals surface area contributed by atoms with E-state index in [0.717, 1.165) is 12.1 Å². The first-order valence-corrected chi connectivity index (χ1v) is 7.17. The van der Waals surface area contributed by atoms with Crippen LogP contribution < -0.4 is 11.1 Å². The summed E-state index contributed by atoms with van der Waals surface area (Å²) in [7, 11) is 3.62. The summed E-state index contributed by atoms with van der Waals surface area (Å²) in [5.41, 5.74) is 9.34. The van der Waals surface area contributed by atoms with Gasteiger partial charge in [-0.3, -0.25) is 5.41 Å². The number of amidine groups is 1. The normalized spacial score (nSPS) is 11.1. The van der Waals surface area contributed by atoms with Crippen molar-refractivity contribution in [1.29, 1.82) is 5.41 Å². The Balaban J connectivity index is 2.07. The fourth-order valence-corrected chi connectivity index (χ4v) is 2.07. The molecule has 4 nitrogen and oxygen atoms in total. The second-order valence-corrected chi connectivity index (χ2v) is 5.37. The van der Waals surface area contributed by atoms with Crippen molar-refractivity contribution in [3.05, 3.63) is 77.6 Å². The lowest BCUT2D eigenvalue weighted by atomic mass is 10.0. The topological polar surface area (TPSA) is 65.1 Å². The van der Waals surface area contributed by atoms with Gasteiger partial charge in [-0.25, -0.2) is 0 Å². The Hall–Kier alpha value is -2.75. The molecule has 4 N–H and O–H groups in total. The van der Waals surface area contributed by atoms with Gasteiger partial charge in [0, 0.05) is 25.9 Å². The number of hydrogen-bond donors (Lipinski definition) is 3. The van der Waals surface area contributed by atoms with Gasteiger partial charge in [0.2, 0.25) is 0 Å². The third kappa shape index (κ3) is 4.66. The van der Waals surface area contributed by atoms with Gasteiger partial charge in [-0.2, -0.15) is 0 Å². The monoisotopic (exact) mass is 294 g/mol. The Morgan fingerprint density at radius 2 is 1.77 bits per heavy atom. The van der Waals surface area contributed by atoms with Crippen LogP contribution in [0.4, 0.5) is 5.69 Å². The molecular formula is C18H22N4. The largest absolute Gasteiger partial charge is 0.385 e. The lowest BCUT2D eigenvalue weighted by Crippen LogP contribution is -2.21. The van der Waals surface area contributed by atoms with Crippen LogP contribution in [0.3, 0.4) is 0 Å². The first-order chi connectivity index (χ1) is 10.5. The van der Waals surface area contributed by atoms with Crippen LogP contribution in [0.5, 0.6) is 0 Å². The highest BCUT2D eigenvalue weighted by atomic mass is 15.1. The molecule has 22 heavy (non-hydrogen) atoms. The molecule has 0 saturated carbocycles. The van der Waals surface area contributed by atoms with Gasteiger partial charge in [-0.15, -0.1) is 0 Å². The zero-order chi connectivity index (χ0) is 15.9. The Labute approximate surface area is 131 Å². The molecule has 0 bridgehead atoms. The van der Waals surface area contributed by atoms with E-state index in [0.29, 0.717) is 11.7 Å². The molecule has 0 atom stereocenters. The van der Waals surface area contributed by atoms with Crippen molar-refractivity contribution in [2.75, 3.05) is 19.4 Å². The zero-order valence-electron chi connectivity index (χ0n) is 13.0. The van der Waals surface area contributed by atoms with E-state index in [1.807, 2.05) is 44.4 Å². The highest BCUT2D eigenvalue weighted by Gasteiger charge is 2.00.